The molecule has 0 amide bonds. The molecule has 2 saturated heterocycles. The molecular formula is C6H11NO. The van der Waals surface area contributed by atoms with Crippen molar-refractivity contribution in [3.05, 3.63) is 0 Å². The quantitative estimate of drug-likeness (QED) is 0.458. The summed E-state index contributed by atoms with van der Waals surface area (Å²) in [5.41, 5.74) is 0. The molecule has 0 radical (unpaired) electrons. The van der Waals surface area contributed by atoms with Crippen molar-refractivity contribution in [2.45, 2.75) is 37.5 Å². The van der Waals surface area contributed by atoms with E-state index in [1.54, 1.807) is 0 Å². The predicted octanol–water partition coefficient (Wildman–Crippen LogP) is -0.128. The summed E-state index contributed by atoms with van der Waals surface area (Å²) in [5.74, 6) is 0. The van der Waals surface area contributed by atoms with Crippen molar-refractivity contribution in [3.8, 4) is 0 Å². The third-order valence-corrected chi connectivity index (χ3v) is 2.27. The molecule has 2 heterocycles. The number of aliphatic hydroxyl groups excluding tert-OH is 1. The maximum atomic E-state index is 9.16. The summed E-state index contributed by atoms with van der Waals surface area (Å²) in [6.45, 7) is 0. The van der Waals surface area contributed by atoms with Crippen LogP contribution in [0, 0.1) is 0 Å². The van der Waals surface area contributed by atoms with Crippen molar-refractivity contribution in [2.75, 3.05) is 0 Å². The molecule has 46 valence electrons. The van der Waals surface area contributed by atoms with E-state index in [9.17, 15) is 0 Å². The Morgan fingerprint density at radius 2 is 2.25 bits per heavy atom. The third kappa shape index (κ3) is 0.501. The normalized spacial score (nSPS) is 52.9. The zero-order valence-corrected chi connectivity index (χ0v) is 4.80. The summed E-state index contributed by atoms with van der Waals surface area (Å²) in [6, 6.07) is 1.09. The van der Waals surface area contributed by atoms with Crippen molar-refractivity contribution in [3.63, 3.8) is 0 Å². The van der Waals surface area contributed by atoms with Crippen molar-refractivity contribution in [2.24, 2.45) is 0 Å². The van der Waals surface area contributed by atoms with Gasteiger partial charge in [-0.05, 0) is 19.3 Å². The molecule has 2 rings (SSSR count). The zero-order chi connectivity index (χ0) is 5.56. The summed E-state index contributed by atoms with van der Waals surface area (Å²) < 4.78 is 0. The first-order valence-electron chi connectivity index (χ1n) is 3.30. The number of hydrogen-bond donors (Lipinski definition) is 2. The lowest BCUT2D eigenvalue weighted by atomic mass is 9.98. The van der Waals surface area contributed by atoms with Crippen molar-refractivity contribution in [1.29, 1.82) is 0 Å². The highest BCUT2D eigenvalue weighted by atomic mass is 16.3. The first-order valence-corrected chi connectivity index (χ1v) is 3.30. The summed E-state index contributed by atoms with van der Waals surface area (Å²) >= 11 is 0. The highest BCUT2D eigenvalue weighted by molar-refractivity contribution is 4.97. The van der Waals surface area contributed by atoms with Gasteiger partial charge in [0.1, 0.15) is 0 Å². The van der Waals surface area contributed by atoms with Crippen molar-refractivity contribution >= 4 is 0 Å². The Labute approximate surface area is 48.9 Å². The molecule has 0 aliphatic carbocycles. The second-order valence-electron chi connectivity index (χ2n) is 2.85. The van der Waals surface area contributed by atoms with Gasteiger partial charge in [0.2, 0.25) is 0 Å². The molecule has 0 unspecified atom stereocenters. The standard InChI is InChI=1S/C6H11NO/c8-6-3-4-1-2-5(6)7-4/h4-8H,1-3H2/t4-,5-,6+/m0/s1. The Kier molecular flexibility index (Phi) is 0.866. The highest BCUT2D eigenvalue weighted by Crippen LogP contribution is 2.27. The molecule has 0 aromatic rings. The molecule has 2 nitrogen and oxygen atoms in total. The molecule has 2 heteroatoms. The maximum Gasteiger partial charge on any atom is 0.0708 e. The Bertz CT molecular complexity index is 103. The Morgan fingerprint density at radius 3 is 2.50 bits per heavy atom. The van der Waals surface area contributed by atoms with E-state index in [1.807, 2.05) is 0 Å². The van der Waals surface area contributed by atoms with Crippen molar-refractivity contribution in [1.82, 2.24) is 5.32 Å². The predicted molar refractivity (Wildman–Crippen MR) is 30.6 cm³/mol. The number of nitrogens with one attached hydrogen (secondary N) is 1. The van der Waals surface area contributed by atoms with Crippen LogP contribution in [0.5, 0.6) is 0 Å². The van der Waals surface area contributed by atoms with Gasteiger partial charge >= 0.3 is 0 Å². The van der Waals surface area contributed by atoms with E-state index in [2.05, 4.69) is 5.32 Å². The fourth-order valence-electron chi connectivity index (χ4n) is 1.80. The van der Waals surface area contributed by atoms with Gasteiger partial charge in [-0.3, -0.25) is 0 Å². The number of rotatable bonds is 0. The zero-order valence-electron chi connectivity index (χ0n) is 4.80. The fraction of sp³-hybridized carbons (Fsp3) is 1.00. The Morgan fingerprint density at radius 1 is 1.38 bits per heavy atom. The fourth-order valence-corrected chi connectivity index (χ4v) is 1.80. The number of fused-ring (bicyclic) bond motifs is 2. The van der Waals surface area contributed by atoms with Gasteiger partial charge in [-0.15, -0.1) is 0 Å². The van der Waals surface area contributed by atoms with Gasteiger partial charge in [-0.1, -0.05) is 0 Å². The highest BCUT2D eigenvalue weighted by Gasteiger charge is 2.37. The summed E-state index contributed by atoms with van der Waals surface area (Å²) in [4.78, 5) is 0. The smallest absolute Gasteiger partial charge is 0.0708 e. The van der Waals surface area contributed by atoms with E-state index in [4.69, 9.17) is 5.11 Å². The Balaban J connectivity index is 2.11. The van der Waals surface area contributed by atoms with Crippen LogP contribution < -0.4 is 5.32 Å². The van der Waals surface area contributed by atoms with E-state index < -0.39 is 0 Å². The molecule has 3 atom stereocenters. The Hall–Kier alpha value is -0.0800. The molecule has 0 aromatic heterocycles. The van der Waals surface area contributed by atoms with Gasteiger partial charge in [-0.25, -0.2) is 0 Å². The van der Waals surface area contributed by atoms with Gasteiger partial charge in [0, 0.05) is 12.1 Å². The maximum absolute atomic E-state index is 9.16. The van der Waals surface area contributed by atoms with E-state index in [0.29, 0.717) is 12.1 Å². The lowest BCUT2D eigenvalue weighted by Crippen LogP contribution is -2.26. The average molecular weight is 113 g/mol. The number of hydrogen-bond acceptors (Lipinski definition) is 2. The van der Waals surface area contributed by atoms with Gasteiger partial charge in [0.05, 0.1) is 6.10 Å². The van der Waals surface area contributed by atoms with Crippen LogP contribution in [-0.2, 0) is 0 Å². The summed E-state index contributed by atoms with van der Waals surface area (Å²) in [5, 5.41) is 12.5. The lowest BCUT2D eigenvalue weighted by molar-refractivity contribution is 0.145. The van der Waals surface area contributed by atoms with Crippen LogP contribution in [0.4, 0.5) is 0 Å². The van der Waals surface area contributed by atoms with E-state index >= 15 is 0 Å². The first kappa shape index (κ1) is 4.77. The molecule has 0 spiro atoms. The van der Waals surface area contributed by atoms with Gasteiger partial charge < -0.3 is 10.4 Å². The van der Waals surface area contributed by atoms with Crippen LogP contribution >= 0.6 is 0 Å². The van der Waals surface area contributed by atoms with Crippen LogP contribution in [0.25, 0.3) is 0 Å². The van der Waals surface area contributed by atoms with Crippen LogP contribution in [0.2, 0.25) is 0 Å². The summed E-state index contributed by atoms with van der Waals surface area (Å²) in [7, 11) is 0. The third-order valence-electron chi connectivity index (χ3n) is 2.27. The molecule has 0 saturated carbocycles. The summed E-state index contributed by atoms with van der Waals surface area (Å²) in [6.07, 6.45) is 3.42. The van der Waals surface area contributed by atoms with Crippen molar-refractivity contribution < 1.29 is 5.11 Å². The molecule has 0 aromatic carbocycles. The van der Waals surface area contributed by atoms with E-state index in [1.165, 1.54) is 12.8 Å². The largest absolute Gasteiger partial charge is 0.391 e. The molecular weight excluding hydrogens is 102 g/mol. The lowest BCUT2D eigenvalue weighted by Gasteiger charge is -2.12. The number of aliphatic hydroxyl groups is 1. The van der Waals surface area contributed by atoms with Crippen LogP contribution in [0.1, 0.15) is 19.3 Å². The molecule has 2 fully saturated rings. The average Bonchev–Trinajstić information content (AvgIpc) is 2.23. The van der Waals surface area contributed by atoms with Crippen LogP contribution in [0.3, 0.4) is 0 Å². The minimum absolute atomic E-state index is 0.0336. The van der Waals surface area contributed by atoms with E-state index in [-0.39, 0.29) is 6.10 Å². The van der Waals surface area contributed by atoms with Crippen LogP contribution in [0.15, 0.2) is 0 Å². The molecule has 2 aliphatic heterocycles. The second-order valence-corrected chi connectivity index (χ2v) is 2.85. The first-order chi connectivity index (χ1) is 3.86. The molecule has 8 heavy (non-hydrogen) atoms. The monoisotopic (exact) mass is 113 g/mol. The minimum Gasteiger partial charge on any atom is -0.391 e. The van der Waals surface area contributed by atoms with Gasteiger partial charge in [0.25, 0.3) is 0 Å². The molecule has 2 bridgehead atoms. The van der Waals surface area contributed by atoms with Gasteiger partial charge in [0.15, 0.2) is 0 Å². The second kappa shape index (κ2) is 1.45. The van der Waals surface area contributed by atoms with Crippen LogP contribution in [-0.4, -0.2) is 23.3 Å². The molecule has 2 aliphatic rings. The molecule has 2 N–H and O–H groups in total. The van der Waals surface area contributed by atoms with Gasteiger partial charge in [-0.2, -0.15) is 0 Å². The minimum atomic E-state index is -0.0336. The van der Waals surface area contributed by atoms with E-state index in [0.717, 1.165) is 6.42 Å². The topological polar surface area (TPSA) is 32.3 Å². The SMILES string of the molecule is O[C@@H]1C[C@@H]2CC[C@@H]1N2.